The Kier molecular flexibility index (Phi) is 19.1. The Hall–Kier alpha value is -8.25. The third-order valence-electron chi connectivity index (χ3n) is 14.7. The molecular weight excluding hydrogens is 1180 g/mol. The highest BCUT2D eigenvalue weighted by molar-refractivity contribution is 8.17. The fourth-order valence-electron chi connectivity index (χ4n) is 10.2. The van der Waals surface area contributed by atoms with E-state index in [0.717, 1.165) is 46.1 Å². The van der Waals surface area contributed by atoms with E-state index in [1.165, 1.54) is 50.3 Å². The van der Waals surface area contributed by atoms with Gasteiger partial charge < -0.3 is 0 Å². The fraction of sp³-hybridized carbons (Fsp3) is 0.0385. The molecule has 1 unspecified atom stereocenters. The zero-order chi connectivity index (χ0) is 59.5. The minimum absolute atomic E-state index is 0.0617. The lowest BCUT2D eigenvalue weighted by Crippen LogP contribution is -2.03. The van der Waals surface area contributed by atoms with E-state index in [4.69, 9.17) is 0 Å². The number of benzene rings is 12. The summed E-state index contributed by atoms with van der Waals surface area (Å²) in [5, 5.41) is 0. The average Bonchev–Trinajstić information content (AvgIpc) is 2.15. The Morgan fingerprint density at radius 1 is 0.264 bits per heavy atom. The van der Waals surface area contributed by atoms with Gasteiger partial charge in [0.15, 0.2) is 17.3 Å². The number of hydrogen-bond donors (Lipinski definition) is 2. The molecule has 0 aliphatic rings. The summed E-state index contributed by atoms with van der Waals surface area (Å²) in [6.45, 7) is 3.18. The largest absolute Gasteiger partial charge is 0.295 e. The number of hydrogen-bond acceptors (Lipinski definition) is 7. The average molecular weight is 1240 g/mol. The van der Waals surface area contributed by atoms with Gasteiger partial charge in [-0.15, -0.1) is 0 Å². The number of Topliss-reactive ketones (excluding diaryl/α,β-unsaturated/α-hetero) is 3. The fourth-order valence-corrected chi connectivity index (χ4v) is 18.0. The number of thiol groups is 2. The molecule has 0 aromatic heterocycles. The van der Waals surface area contributed by atoms with Gasteiger partial charge in [-0.1, -0.05) is 181 Å². The molecule has 426 valence electrons. The summed E-state index contributed by atoms with van der Waals surface area (Å²) < 4.78 is 0. The molecule has 0 bridgehead atoms. The van der Waals surface area contributed by atoms with Gasteiger partial charge >= 0.3 is 0 Å². The molecule has 0 aliphatic heterocycles. The van der Waals surface area contributed by atoms with Gasteiger partial charge in [-0.2, -0.15) is 21.8 Å². The third kappa shape index (κ3) is 15.1. The van der Waals surface area contributed by atoms with E-state index in [-0.39, 0.29) is 17.3 Å². The molecule has 1 atom stereocenters. The molecule has 87 heavy (non-hydrogen) atoms. The molecule has 9 heteroatoms. The number of rotatable bonds is 21. The van der Waals surface area contributed by atoms with Crippen molar-refractivity contribution in [3.63, 3.8) is 0 Å². The molecule has 0 heterocycles. The van der Waals surface area contributed by atoms with Crippen LogP contribution in [-0.2, 0) is 6.42 Å². The van der Waals surface area contributed by atoms with Crippen LogP contribution >= 0.6 is 68.8 Å². The van der Waals surface area contributed by atoms with Crippen molar-refractivity contribution in [3.8, 4) is 22.3 Å². The van der Waals surface area contributed by atoms with Gasteiger partial charge in [0.2, 0.25) is 0 Å². The molecule has 0 fully saturated rings. The van der Waals surface area contributed by atoms with Crippen LogP contribution in [0, 0.1) is 0 Å². The van der Waals surface area contributed by atoms with Gasteiger partial charge in [-0.05, 0) is 241 Å². The van der Waals surface area contributed by atoms with E-state index in [9.17, 15) is 14.4 Å². The minimum atomic E-state index is -0.902. The summed E-state index contributed by atoms with van der Waals surface area (Å²) in [6.07, 6.45) is 0.315. The first kappa shape index (κ1) is 59.1. The molecule has 0 saturated carbocycles. The monoisotopic (exact) mass is 1240 g/mol. The van der Waals surface area contributed by atoms with E-state index in [0.29, 0.717) is 23.1 Å². The Balaban J connectivity index is 0.678. The van der Waals surface area contributed by atoms with Crippen molar-refractivity contribution in [2.75, 3.05) is 0 Å². The van der Waals surface area contributed by atoms with E-state index in [1.807, 2.05) is 84.9 Å². The first-order valence-electron chi connectivity index (χ1n) is 28.6. The van der Waals surface area contributed by atoms with Crippen molar-refractivity contribution in [2.45, 2.75) is 88.8 Å². The zero-order valence-corrected chi connectivity index (χ0v) is 52.9. The number of carbonyl (C=O) groups is 3. The third-order valence-corrected chi connectivity index (χ3v) is 23.7. The molecule has 12 aromatic rings. The maximum absolute atomic E-state index is 13.8. The molecule has 0 aliphatic carbocycles. The Labute approximate surface area is 532 Å². The van der Waals surface area contributed by atoms with Gasteiger partial charge in [-0.25, -0.2) is 0 Å². The van der Waals surface area contributed by atoms with Crippen LogP contribution in [0.4, 0.5) is 0 Å². The molecule has 3 nitrogen and oxygen atoms in total. The van der Waals surface area contributed by atoms with Gasteiger partial charge in [0, 0.05) is 62.3 Å². The summed E-state index contributed by atoms with van der Waals surface area (Å²) in [4.78, 5) is 54.2. The Bertz CT molecular complexity index is 4190. The van der Waals surface area contributed by atoms with Crippen molar-refractivity contribution >= 4 is 86.2 Å². The van der Waals surface area contributed by atoms with Crippen LogP contribution in [0.15, 0.2) is 372 Å². The highest BCUT2D eigenvalue weighted by Crippen LogP contribution is 2.54. The van der Waals surface area contributed by atoms with E-state index < -0.39 is 21.8 Å². The molecule has 0 amide bonds. The second-order valence-electron chi connectivity index (χ2n) is 20.8. The molecule has 12 aromatic carbocycles. The standard InChI is InChI=1S/C78H60O3S6/c1-54(79)57-16-26-64(27-17-57)82-68-36-46-75(47-37-68)87(76-48-38-69(39-49-76)83-65-28-18-58(19-29-65)55(2)80)77-50-40-71(41-51-77)85-67-32-22-62(23-33-67)78(81)53-56-10-9-13-63(52-56)61-20-30-66(31-21-61)84-70-34-44-74(45-35-70)86(72-14-7-4-8-15-72)73-42-24-60(25-43-73)59-11-5-3-6-12-59/h3-52,86-87H,53H2,1-2H3. The predicted molar refractivity (Wildman–Crippen MR) is 367 cm³/mol. The van der Waals surface area contributed by atoms with E-state index in [1.54, 1.807) is 60.9 Å². The first-order valence-corrected chi connectivity index (χ1v) is 34.5. The van der Waals surface area contributed by atoms with Gasteiger partial charge in [0.25, 0.3) is 0 Å². The van der Waals surface area contributed by atoms with Crippen molar-refractivity contribution < 1.29 is 14.4 Å². The zero-order valence-electron chi connectivity index (χ0n) is 47.8. The Morgan fingerprint density at radius 3 is 0.897 bits per heavy atom. The van der Waals surface area contributed by atoms with Crippen LogP contribution in [-0.4, -0.2) is 17.3 Å². The van der Waals surface area contributed by atoms with Crippen molar-refractivity contribution in [2.24, 2.45) is 0 Å². The molecule has 0 N–H and O–H groups in total. The summed E-state index contributed by atoms with van der Waals surface area (Å²) in [7, 11) is -1.63. The van der Waals surface area contributed by atoms with Gasteiger partial charge in [-0.3, -0.25) is 14.4 Å². The maximum Gasteiger partial charge on any atom is 0.167 e. The summed E-state index contributed by atoms with van der Waals surface area (Å²) in [5.74, 6) is 0.208. The minimum Gasteiger partial charge on any atom is -0.295 e. The van der Waals surface area contributed by atoms with Crippen LogP contribution in [0.2, 0.25) is 0 Å². The highest BCUT2D eigenvalue weighted by Gasteiger charge is 2.17. The molecule has 0 radical (unpaired) electrons. The lowest BCUT2D eigenvalue weighted by atomic mass is 9.98. The SMILES string of the molecule is CC(=O)c1ccc(Sc2ccc([SH](c3ccc(Sc4ccc(C(C)=O)cc4)cc3)c3ccc(Sc4ccc(C(=O)Cc5cccc(-c6ccc(Sc7ccc([SH](c8ccccc8)c8ccc(-c9ccccc9)cc8)cc7)cc6)c5)cc4)cc3)cc2)cc1. The summed E-state index contributed by atoms with van der Waals surface area (Å²) in [5.41, 5.74) is 7.75. The van der Waals surface area contributed by atoms with Crippen LogP contribution in [0.5, 0.6) is 0 Å². The molecular formula is C78H60O3S6. The van der Waals surface area contributed by atoms with Gasteiger partial charge in [0.05, 0.1) is 0 Å². The van der Waals surface area contributed by atoms with Gasteiger partial charge in [0.1, 0.15) is 0 Å². The van der Waals surface area contributed by atoms with E-state index >= 15 is 0 Å². The maximum atomic E-state index is 13.8. The van der Waals surface area contributed by atoms with Crippen LogP contribution in [0.3, 0.4) is 0 Å². The second kappa shape index (κ2) is 28.1. The van der Waals surface area contributed by atoms with Crippen LogP contribution in [0.25, 0.3) is 22.3 Å². The number of ketones is 3. The highest BCUT2D eigenvalue weighted by atomic mass is 32.2. The summed E-state index contributed by atoms with van der Waals surface area (Å²) in [6, 6.07) is 107. The van der Waals surface area contributed by atoms with Crippen LogP contribution in [0.1, 0.15) is 50.5 Å². The van der Waals surface area contributed by atoms with Crippen LogP contribution < -0.4 is 0 Å². The van der Waals surface area contributed by atoms with Crippen molar-refractivity contribution in [1.29, 1.82) is 0 Å². The molecule has 0 saturated heterocycles. The van der Waals surface area contributed by atoms with E-state index in [2.05, 4.69) is 218 Å². The molecule has 12 rings (SSSR count). The lowest BCUT2D eigenvalue weighted by molar-refractivity contribution is 0.0988. The quantitative estimate of drug-likeness (QED) is 0.0549. The first-order chi connectivity index (χ1) is 42.6. The smallest absolute Gasteiger partial charge is 0.167 e. The van der Waals surface area contributed by atoms with Crippen molar-refractivity contribution in [1.82, 2.24) is 0 Å². The lowest BCUT2D eigenvalue weighted by Gasteiger charge is -2.24. The second-order valence-corrected chi connectivity index (χ2v) is 29.8. The summed E-state index contributed by atoms with van der Waals surface area (Å²) >= 11 is 6.82. The topological polar surface area (TPSA) is 51.2 Å². The molecule has 0 spiro atoms. The predicted octanol–water partition coefficient (Wildman–Crippen LogP) is 22.4. The van der Waals surface area contributed by atoms with Crippen molar-refractivity contribution in [3.05, 3.63) is 326 Å². The number of carbonyl (C=O) groups excluding carboxylic acids is 3. The Morgan fingerprint density at radius 2 is 0.529 bits per heavy atom. The normalized spacial score (nSPS) is 11.8.